The predicted molar refractivity (Wildman–Crippen MR) is 87.8 cm³/mol. The van der Waals surface area contributed by atoms with E-state index in [1.165, 1.54) is 0 Å². The average Bonchev–Trinajstić information content (AvgIpc) is 2.82. The summed E-state index contributed by atoms with van der Waals surface area (Å²) in [5.41, 5.74) is 3.84. The number of para-hydroxylation sites is 1. The Labute approximate surface area is 125 Å². The first-order chi connectivity index (χ1) is 10.0. The molecule has 3 rings (SSSR count). The van der Waals surface area contributed by atoms with Crippen LogP contribution >= 0.6 is 0 Å². The maximum atomic E-state index is 11.7. The SMILES string of the molecule is CC(C)(C)n1c(-c2ccccc2)c(C=O)c2ccccc21. The van der Waals surface area contributed by atoms with E-state index in [1.54, 1.807) is 0 Å². The van der Waals surface area contributed by atoms with Crippen LogP contribution < -0.4 is 0 Å². The molecule has 0 N–H and O–H groups in total. The number of fused-ring (bicyclic) bond motifs is 1. The van der Waals surface area contributed by atoms with Crippen molar-refractivity contribution in [3.05, 3.63) is 60.2 Å². The van der Waals surface area contributed by atoms with E-state index in [-0.39, 0.29) is 5.54 Å². The smallest absolute Gasteiger partial charge is 0.152 e. The lowest BCUT2D eigenvalue weighted by Crippen LogP contribution is -2.22. The fourth-order valence-electron chi connectivity index (χ4n) is 2.96. The molecule has 1 aromatic heterocycles. The van der Waals surface area contributed by atoms with Gasteiger partial charge in [-0.05, 0) is 32.4 Å². The van der Waals surface area contributed by atoms with Gasteiger partial charge in [0.1, 0.15) is 0 Å². The third-order valence-electron chi connectivity index (χ3n) is 3.75. The van der Waals surface area contributed by atoms with E-state index in [1.807, 2.05) is 36.4 Å². The standard InChI is InChI=1S/C19H19NO/c1-19(2,3)20-17-12-8-7-11-15(17)16(13-21)18(20)14-9-5-4-6-10-14/h4-13H,1-3H3. The first-order valence-corrected chi connectivity index (χ1v) is 7.18. The van der Waals surface area contributed by atoms with Crippen molar-refractivity contribution in [1.29, 1.82) is 0 Å². The molecule has 0 aliphatic heterocycles. The van der Waals surface area contributed by atoms with Crippen LogP contribution in [0.3, 0.4) is 0 Å². The first kappa shape index (κ1) is 13.6. The third kappa shape index (κ3) is 2.17. The Morgan fingerprint density at radius 2 is 1.52 bits per heavy atom. The second kappa shape index (κ2) is 4.88. The summed E-state index contributed by atoms with van der Waals surface area (Å²) in [5, 5.41) is 1.02. The minimum absolute atomic E-state index is 0.105. The lowest BCUT2D eigenvalue weighted by Gasteiger charge is -2.26. The molecule has 0 atom stereocenters. The summed E-state index contributed by atoms with van der Waals surface area (Å²) in [6.45, 7) is 6.50. The molecule has 0 aliphatic rings. The van der Waals surface area contributed by atoms with Crippen LogP contribution in [0.2, 0.25) is 0 Å². The minimum Gasteiger partial charge on any atom is -0.334 e. The zero-order valence-electron chi connectivity index (χ0n) is 12.6. The van der Waals surface area contributed by atoms with Crippen LogP contribution in [-0.2, 0) is 5.54 Å². The fraction of sp³-hybridized carbons (Fsp3) is 0.211. The Hall–Kier alpha value is -2.35. The van der Waals surface area contributed by atoms with Crippen molar-refractivity contribution in [2.75, 3.05) is 0 Å². The molecule has 0 fully saturated rings. The Bertz CT molecular complexity index is 792. The number of benzene rings is 2. The van der Waals surface area contributed by atoms with Gasteiger partial charge in [-0.25, -0.2) is 0 Å². The second-order valence-electron chi connectivity index (χ2n) is 6.27. The number of nitrogens with zero attached hydrogens (tertiary/aromatic N) is 1. The van der Waals surface area contributed by atoms with Crippen LogP contribution in [0, 0.1) is 0 Å². The summed E-state index contributed by atoms with van der Waals surface area (Å²) in [7, 11) is 0. The van der Waals surface area contributed by atoms with E-state index in [2.05, 4.69) is 43.5 Å². The first-order valence-electron chi connectivity index (χ1n) is 7.18. The van der Waals surface area contributed by atoms with Crippen molar-refractivity contribution in [2.24, 2.45) is 0 Å². The zero-order chi connectivity index (χ0) is 15.0. The van der Waals surface area contributed by atoms with Crippen molar-refractivity contribution < 1.29 is 4.79 Å². The molecule has 21 heavy (non-hydrogen) atoms. The van der Waals surface area contributed by atoms with Crippen molar-refractivity contribution in [3.8, 4) is 11.3 Å². The molecule has 2 aromatic carbocycles. The molecule has 0 unspecified atom stereocenters. The third-order valence-corrected chi connectivity index (χ3v) is 3.75. The Morgan fingerprint density at radius 3 is 2.14 bits per heavy atom. The predicted octanol–water partition coefficient (Wildman–Crippen LogP) is 4.88. The van der Waals surface area contributed by atoms with Gasteiger partial charge in [-0.3, -0.25) is 4.79 Å². The molecular formula is C19H19NO. The summed E-state index contributed by atoms with van der Waals surface area (Å²) in [6, 6.07) is 18.2. The van der Waals surface area contributed by atoms with Gasteiger partial charge in [-0.2, -0.15) is 0 Å². The number of carbonyl (C=O) groups excluding carboxylic acids is 1. The van der Waals surface area contributed by atoms with Gasteiger partial charge in [-0.1, -0.05) is 48.5 Å². The molecule has 0 radical (unpaired) electrons. The molecule has 2 nitrogen and oxygen atoms in total. The molecule has 0 amide bonds. The van der Waals surface area contributed by atoms with Crippen molar-refractivity contribution >= 4 is 17.2 Å². The minimum atomic E-state index is -0.105. The molecular weight excluding hydrogens is 258 g/mol. The van der Waals surface area contributed by atoms with Crippen LogP contribution in [0.15, 0.2) is 54.6 Å². The Balaban J connectivity index is 2.49. The highest BCUT2D eigenvalue weighted by Crippen LogP contribution is 2.37. The van der Waals surface area contributed by atoms with Crippen molar-refractivity contribution in [3.63, 3.8) is 0 Å². The van der Waals surface area contributed by atoms with Crippen LogP contribution in [0.1, 0.15) is 31.1 Å². The molecule has 2 heteroatoms. The monoisotopic (exact) mass is 277 g/mol. The maximum Gasteiger partial charge on any atom is 0.152 e. The highest BCUT2D eigenvalue weighted by molar-refractivity contribution is 6.05. The highest BCUT2D eigenvalue weighted by Gasteiger charge is 2.24. The highest BCUT2D eigenvalue weighted by atomic mass is 16.1. The summed E-state index contributed by atoms with van der Waals surface area (Å²) >= 11 is 0. The Morgan fingerprint density at radius 1 is 0.905 bits per heavy atom. The van der Waals surface area contributed by atoms with Crippen LogP contribution in [0.5, 0.6) is 0 Å². The zero-order valence-corrected chi connectivity index (χ0v) is 12.6. The van der Waals surface area contributed by atoms with Gasteiger partial charge in [0.05, 0.1) is 5.69 Å². The fourth-order valence-corrected chi connectivity index (χ4v) is 2.96. The number of aldehydes is 1. The number of hydrogen-bond donors (Lipinski definition) is 0. The van der Waals surface area contributed by atoms with Gasteiger partial charge in [0, 0.05) is 22.0 Å². The quantitative estimate of drug-likeness (QED) is 0.612. The van der Waals surface area contributed by atoms with E-state index in [0.717, 1.165) is 34.0 Å². The van der Waals surface area contributed by atoms with E-state index in [9.17, 15) is 4.79 Å². The van der Waals surface area contributed by atoms with Crippen molar-refractivity contribution in [1.82, 2.24) is 4.57 Å². The normalized spacial score (nSPS) is 11.8. The number of rotatable bonds is 2. The van der Waals surface area contributed by atoms with Gasteiger partial charge in [0.2, 0.25) is 0 Å². The molecule has 106 valence electrons. The van der Waals surface area contributed by atoms with Gasteiger partial charge >= 0.3 is 0 Å². The van der Waals surface area contributed by atoms with E-state index >= 15 is 0 Å². The van der Waals surface area contributed by atoms with E-state index in [0.29, 0.717) is 0 Å². The largest absolute Gasteiger partial charge is 0.334 e. The van der Waals surface area contributed by atoms with Crippen LogP contribution in [0.4, 0.5) is 0 Å². The molecule has 0 bridgehead atoms. The van der Waals surface area contributed by atoms with Crippen molar-refractivity contribution in [2.45, 2.75) is 26.3 Å². The number of aromatic nitrogens is 1. The molecule has 0 spiro atoms. The summed E-state index contributed by atoms with van der Waals surface area (Å²) in [4.78, 5) is 11.7. The van der Waals surface area contributed by atoms with E-state index in [4.69, 9.17) is 0 Å². The number of carbonyl (C=O) groups is 1. The summed E-state index contributed by atoms with van der Waals surface area (Å²) in [6.07, 6.45) is 0.979. The lowest BCUT2D eigenvalue weighted by atomic mass is 10.0. The molecule has 1 heterocycles. The van der Waals surface area contributed by atoms with Gasteiger partial charge in [0.15, 0.2) is 6.29 Å². The van der Waals surface area contributed by atoms with Gasteiger partial charge in [0.25, 0.3) is 0 Å². The molecule has 0 aliphatic carbocycles. The maximum absolute atomic E-state index is 11.7. The lowest BCUT2D eigenvalue weighted by molar-refractivity contribution is 0.112. The van der Waals surface area contributed by atoms with E-state index < -0.39 is 0 Å². The van der Waals surface area contributed by atoms with Crippen LogP contribution in [-0.4, -0.2) is 10.9 Å². The van der Waals surface area contributed by atoms with Gasteiger partial charge in [-0.15, -0.1) is 0 Å². The molecule has 0 saturated heterocycles. The summed E-state index contributed by atoms with van der Waals surface area (Å²) in [5.74, 6) is 0. The molecule has 0 saturated carbocycles. The average molecular weight is 277 g/mol. The topological polar surface area (TPSA) is 22.0 Å². The summed E-state index contributed by atoms with van der Waals surface area (Å²) < 4.78 is 2.27. The van der Waals surface area contributed by atoms with Gasteiger partial charge < -0.3 is 4.57 Å². The molecule has 3 aromatic rings. The Kier molecular flexibility index (Phi) is 3.17. The van der Waals surface area contributed by atoms with Crippen LogP contribution in [0.25, 0.3) is 22.2 Å². The number of hydrogen-bond acceptors (Lipinski definition) is 1. The second-order valence-corrected chi connectivity index (χ2v) is 6.27.